The summed E-state index contributed by atoms with van der Waals surface area (Å²) in [5, 5.41) is 12.5. The van der Waals surface area contributed by atoms with E-state index in [9.17, 15) is 14.7 Å². The monoisotopic (exact) mass is 296 g/mol. The van der Waals surface area contributed by atoms with Crippen molar-refractivity contribution < 1.29 is 14.7 Å². The molecule has 1 heterocycles. The van der Waals surface area contributed by atoms with Gasteiger partial charge in [0.1, 0.15) is 0 Å². The lowest BCUT2D eigenvalue weighted by Gasteiger charge is -2.28. The number of amides is 1. The molecule has 1 amide bonds. The molecular formula is C16H28N2O3. The molecule has 2 fully saturated rings. The molecule has 0 aromatic rings. The van der Waals surface area contributed by atoms with Gasteiger partial charge in [-0.3, -0.25) is 14.5 Å². The van der Waals surface area contributed by atoms with Gasteiger partial charge in [-0.2, -0.15) is 0 Å². The number of nitrogens with zero attached hydrogens (tertiary/aromatic N) is 1. The summed E-state index contributed by atoms with van der Waals surface area (Å²) in [4.78, 5) is 25.5. The molecule has 2 rings (SSSR count). The first-order valence-corrected chi connectivity index (χ1v) is 8.20. The maximum Gasteiger partial charge on any atom is 0.310 e. The zero-order valence-electron chi connectivity index (χ0n) is 13.2. The highest BCUT2D eigenvalue weighted by Gasteiger charge is 2.43. The van der Waals surface area contributed by atoms with Crippen LogP contribution in [0.3, 0.4) is 0 Å². The molecule has 1 saturated heterocycles. The summed E-state index contributed by atoms with van der Waals surface area (Å²) < 4.78 is 0. The standard InChI is InChI=1S/C16H28N2O3/c1-3-16(15(20)21)8-9-18(11-16)10-14(19)17-13-6-4-12(2)5-7-13/h12-13H,3-11H2,1-2H3,(H,17,19)(H,20,21). The normalized spacial score (nSPS) is 33.8. The summed E-state index contributed by atoms with van der Waals surface area (Å²) in [7, 11) is 0. The molecule has 0 bridgehead atoms. The van der Waals surface area contributed by atoms with Gasteiger partial charge in [0, 0.05) is 12.6 Å². The third-order valence-corrected chi connectivity index (χ3v) is 5.31. The topological polar surface area (TPSA) is 69.6 Å². The molecule has 2 aliphatic rings. The molecule has 5 heteroatoms. The number of nitrogens with one attached hydrogen (secondary N) is 1. The van der Waals surface area contributed by atoms with Crippen LogP contribution in [0.25, 0.3) is 0 Å². The van der Waals surface area contributed by atoms with E-state index >= 15 is 0 Å². The van der Waals surface area contributed by atoms with Crippen molar-refractivity contribution in [3.8, 4) is 0 Å². The Morgan fingerprint density at radius 3 is 2.48 bits per heavy atom. The van der Waals surface area contributed by atoms with E-state index in [0.29, 0.717) is 38.5 Å². The molecule has 120 valence electrons. The van der Waals surface area contributed by atoms with Crippen molar-refractivity contribution in [2.75, 3.05) is 19.6 Å². The average Bonchev–Trinajstić information content (AvgIpc) is 2.86. The van der Waals surface area contributed by atoms with Gasteiger partial charge in [-0.05, 0) is 51.0 Å². The van der Waals surface area contributed by atoms with Crippen molar-refractivity contribution in [2.24, 2.45) is 11.3 Å². The second kappa shape index (κ2) is 6.77. The minimum atomic E-state index is -0.728. The van der Waals surface area contributed by atoms with Crippen LogP contribution in [0.2, 0.25) is 0 Å². The van der Waals surface area contributed by atoms with Crippen molar-refractivity contribution in [2.45, 2.75) is 58.4 Å². The predicted molar refractivity (Wildman–Crippen MR) is 81.0 cm³/mol. The number of hydrogen-bond donors (Lipinski definition) is 2. The van der Waals surface area contributed by atoms with E-state index in [2.05, 4.69) is 12.2 Å². The zero-order valence-corrected chi connectivity index (χ0v) is 13.2. The maximum absolute atomic E-state index is 12.1. The van der Waals surface area contributed by atoms with Crippen molar-refractivity contribution in [1.82, 2.24) is 10.2 Å². The Bertz CT molecular complexity index is 391. The minimum absolute atomic E-state index is 0.0480. The molecule has 1 aliphatic heterocycles. The Morgan fingerprint density at radius 2 is 1.95 bits per heavy atom. The lowest BCUT2D eigenvalue weighted by molar-refractivity contribution is -0.148. The Labute approximate surface area is 127 Å². The highest BCUT2D eigenvalue weighted by Crippen LogP contribution is 2.34. The Hall–Kier alpha value is -1.10. The lowest BCUT2D eigenvalue weighted by Crippen LogP contribution is -2.43. The zero-order chi connectivity index (χ0) is 15.5. The molecular weight excluding hydrogens is 268 g/mol. The molecule has 21 heavy (non-hydrogen) atoms. The molecule has 1 saturated carbocycles. The van der Waals surface area contributed by atoms with Crippen molar-refractivity contribution >= 4 is 11.9 Å². The summed E-state index contributed by atoms with van der Waals surface area (Å²) in [6, 6.07) is 0.312. The smallest absolute Gasteiger partial charge is 0.310 e. The van der Waals surface area contributed by atoms with Gasteiger partial charge < -0.3 is 10.4 Å². The van der Waals surface area contributed by atoms with Crippen LogP contribution >= 0.6 is 0 Å². The Kier molecular flexibility index (Phi) is 5.25. The minimum Gasteiger partial charge on any atom is -0.481 e. The number of rotatable bonds is 5. The van der Waals surface area contributed by atoms with E-state index in [1.165, 1.54) is 12.8 Å². The van der Waals surface area contributed by atoms with E-state index in [-0.39, 0.29) is 5.91 Å². The molecule has 1 unspecified atom stereocenters. The van der Waals surface area contributed by atoms with E-state index in [4.69, 9.17) is 0 Å². The molecule has 1 atom stereocenters. The maximum atomic E-state index is 12.1. The number of hydrogen-bond acceptors (Lipinski definition) is 3. The SMILES string of the molecule is CCC1(C(=O)O)CCN(CC(=O)NC2CCC(C)CC2)C1. The fourth-order valence-corrected chi connectivity index (χ4v) is 3.59. The summed E-state index contributed by atoms with van der Waals surface area (Å²) in [5.74, 6) is 0.0958. The Morgan fingerprint density at radius 1 is 1.29 bits per heavy atom. The van der Waals surface area contributed by atoms with Crippen LogP contribution < -0.4 is 5.32 Å². The average molecular weight is 296 g/mol. The van der Waals surface area contributed by atoms with Crippen LogP contribution in [0.4, 0.5) is 0 Å². The van der Waals surface area contributed by atoms with E-state index in [1.807, 2.05) is 11.8 Å². The van der Waals surface area contributed by atoms with Crippen LogP contribution in [-0.4, -0.2) is 47.6 Å². The number of aliphatic carboxylic acids is 1. The largest absolute Gasteiger partial charge is 0.481 e. The van der Waals surface area contributed by atoms with Crippen LogP contribution in [0.5, 0.6) is 0 Å². The van der Waals surface area contributed by atoms with Gasteiger partial charge in [-0.1, -0.05) is 13.8 Å². The number of carboxylic acids is 1. The number of carboxylic acid groups (broad SMARTS) is 1. The fraction of sp³-hybridized carbons (Fsp3) is 0.875. The molecule has 0 aromatic heterocycles. The van der Waals surface area contributed by atoms with Crippen LogP contribution in [0.15, 0.2) is 0 Å². The predicted octanol–water partition coefficient (Wildman–Crippen LogP) is 1.87. The van der Waals surface area contributed by atoms with Crippen LogP contribution in [-0.2, 0) is 9.59 Å². The van der Waals surface area contributed by atoms with Gasteiger partial charge in [0.15, 0.2) is 0 Å². The second-order valence-electron chi connectivity index (χ2n) is 6.92. The summed E-state index contributed by atoms with van der Waals surface area (Å²) in [5.41, 5.74) is -0.652. The molecule has 0 spiro atoms. The van der Waals surface area contributed by atoms with Gasteiger partial charge in [0.25, 0.3) is 0 Å². The highest BCUT2D eigenvalue weighted by atomic mass is 16.4. The van der Waals surface area contributed by atoms with E-state index < -0.39 is 11.4 Å². The molecule has 0 aromatic carbocycles. The van der Waals surface area contributed by atoms with Gasteiger partial charge in [0.05, 0.1) is 12.0 Å². The number of carbonyl (C=O) groups is 2. The van der Waals surface area contributed by atoms with Crippen molar-refractivity contribution in [3.05, 3.63) is 0 Å². The van der Waals surface area contributed by atoms with Gasteiger partial charge >= 0.3 is 5.97 Å². The first-order valence-electron chi connectivity index (χ1n) is 8.20. The molecule has 2 N–H and O–H groups in total. The molecule has 5 nitrogen and oxygen atoms in total. The first kappa shape index (κ1) is 16.3. The first-order chi connectivity index (χ1) is 9.95. The molecule has 0 radical (unpaired) electrons. The third-order valence-electron chi connectivity index (χ3n) is 5.31. The van der Waals surface area contributed by atoms with Crippen LogP contribution in [0, 0.1) is 11.3 Å². The van der Waals surface area contributed by atoms with Gasteiger partial charge in [-0.25, -0.2) is 0 Å². The van der Waals surface area contributed by atoms with Gasteiger partial charge in [-0.15, -0.1) is 0 Å². The van der Waals surface area contributed by atoms with E-state index in [0.717, 1.165) is 18.8 Å². The summed E-state index contributed by atoms with van der Waals surface area (Å²) in [6.07, 6.45) is 5.79. The van der Waals surface area contributed by atoms with Crippen LogP contribution in [0.1, 0.15) is 52.4 Å². The fourth-order valence-electron chi connectivity index (χ4n) is 3.59. The number of likely N-dealkylation sites (tertiary alicyclic amines) is 1. The summed E-state index contributed by atoms with van der Waals surface area (Å²) >= 11 is 0. The second-order valence-corrected chi connectivity index (χ2v) is 6.92. The van der Waals surface area contributed by atoms with Crippen molar-refractivity contribution in [1.29, 1.82) is 0 Å². The van der Waals surface area contributed by atoms with E-state index in [1.54, 1.807) is 0 Å². The highest BCUT2D eigenvalue weighted by molar-refractivity contribution is 5.79. The van der Waals surface area contributed by atoms with Crippen molar-refractivity contribution in [3.63, 3.8) is 0 Å². The lowest BCUT2D eigenvalue weighted by atomic mass is 9.84. The quantitative estimate of drug-likeness (QED) is 0.812. The molecule has 1 aliphatic carbocycles. The Balaban J connectivity index is 1.77. The summed E-state index contributed by atoms with van der Waals surface area (Å²) in [6.45, 7) is 5.71. The third kappa shape index (κ3) is 3.96. The van der Waals surface area contributed by atoms with Gasteiger partial charge in [0.2, 0.25) is 5.91 Å². The number of carbonyl (C=O) groups excluding carboxylic acids is 1.